The molecule has 0 aliphatic rings. The molecule has 0 saturated carbocycles. The molecule has 7 nitrogen and oxygen atoms in total. The van der Waals surface area contributed by atoms with E-state index in [0.717, 1.165) is 24.0 Å². The topological polar surface area (TPSA) is 79.1 Å². The van der Waals surface area contributed by atoms with E-state index in [0.29, 0.717) is 11.8 Å². The van der Waals surface area contributed by atoms with Crippen LogP contribution in [-0.4, -0.2) is 56.7 Å². The molecule has 0 radical (unpaired) electrons. The third kappa shape index (κ3) is 2.99. The number of hydrogen-bond donors (Lipinski definition) is 2. The molecule has 0 saturated heterocycles. The second-order valence-corrected chi connectivity index (χ2v) is 5.27. The number of anilines is 1. The Morgan fingerprint density at radius 2 is 2.14 bits per heavy atom. The molecule has 0 aliphatic carbocycles. The van der Waals surface area contributed by atoms with Crippen LogP contribution in [0, 0.1) is 0 Å². The third-order valence-corrected chi connectivity index (χ3v) is 3.25. The lowest BCUT2D eigenvalue weighted by atomic mass is 10.2. The highest BCUT2D eigenvalue weighted by atomic mass is 16.3. The van der Waals surface area contributed by atoms with Crippen LogP contribution in [0.2, 0.25) is 0 Å². The molecule has 0 bridgehead atoms. The highest BCUT2D eigenvalue weighted by Crippen LogP contribution is 2.25. The van der Waals surface area contributed by atoms with E-state index in [-0.39, 0.29) is 5.75 Å². The molecule has 2 N–H and O–H groups in total. The molecule has 0 spiro atoms. The van der Waals surface area contributed by atoms with E-state index in [1.807, 2.05) is 14.1 Å². The quantitative estimate of drug-likeness (QED) is 0.743. The van der Waals surface area contributed by atoms with E-state index < -0.39 is 0 Å². The first-order chi connectivity index (χ1) is 10.6. The molecule has 3 aromatic rings. The number of aromatic nitrogens is 4. The first-order valence-electron chi connectivity index (χ1n) is 7.01. The Kier molecular flexibility index (Phi) is 3.88. The first-order valence-corrected chi connectivity index (χ1v) is 7.01. The average molecular weight is 298 g/mol. The minimum atomic E-state index is 0.196. The Hall–Kier alpha value is -2.67. The lowest BCUT2D eigenvalue weighted by molar-refractivity contribution is 0.425. The van der Waals surface area contributed by atoms with Crippen LogP contribution < -0.4 is 5.32 Å². The number of benzene rings is 1. The van der Waals surface area contributed by atoms with Crippen molar-refractivity contribution in [2.24, 2.45) is 0 Å². The zero-order chi connectivity index (χ0) is 15.5. The Labute approximate surface area is 128 Å². The Balaban J connectivity index is 2.03. The molecule has 0 amide bonds. The predicted octanol–water partition coefficient (Wildman–Crippen LogP) is 1.49. The number of hydrogen-bond acceptors (Lipinski definition) is 6. The number of nitrogens with one attached hydrogen (secondary N) is 1. The van der Waals surface area contributed by atoms with Gasteiger partial charge < -0.3 is 15.3 Å². The zero-order valence-corrected chi connectivity index (χ0v) is 12.6. The number of nitrogens with zero attached hydrogens (tertiary/aromatic N) is 5. The molecular weight excluding hydrogens is 280 g/mol. The van der Waals surface area contributed by atoms with Crippen LogP contribution in [0.15, 0.2) is 36.9 Å². The van der Waals surface area contributed by atoms with Crippen LogP contribution >= 0.6 is 0 Å². The van der Waals surface area contributed by atoms with Gasteiger partial charge in [0.1, 0.15) is 17.9 Å². The molecule has 1 aromatic carbocycles. The first kappa shape index (κ1) is 14.3. The molecule has 0 atom stereocenters. The van der Waals surface area contributed by atoms with Gasteiger partial charge in [-0.15, -0.1) is 0 Å². The molecule has 2 heterocycles. The fourth-order valence-corrected chi connectivity index (χ4v) is 2.13. The molecule has 0 fully saturated rings. The monoisotopic (exact) mass is 298 g/mol. The number of likely N-dealkylation sites (N-methyl/N-ethyl adjacent to an activating group) is 1. The zero-order valence-electron chi connectivity index (χ0n) is 12.6. The smallest absolute Gasteiger partial charge is 0.237 e. The third-order valence-electron chi connectivity index (χ3n) is 3.25. The maximum Gasteiger partial charge on any atom is 0.237 e. The summed E-state index contributed by atoms with van der Waals surface area (Å²) >= 11 is 0. The lowest BCUT2D eigenvalue weighted by Crippen LogP contribution is -2.21. The number of phenols is 1. The second kappa shape index (κ2) is 5.98. The summed E-state index contributed by atoms with van der Waals surface area (Å²) in [5.41, 5.74) is 0.767. The van der Waals surface area contributed by atoms with Gasteiger partial charge in [-0.05, 0) is 32.3 Å². The van der Waals surface area contributed by atoms with Gasteiger partial charge in [0.2, 0.25) is 5.95 Å². The predicted molar refractivity (Wildman–Crippen MR) is 85.4 cm³/mol. The van der Waals surface area contributed by atoms with Crippen LogP contribution in [0.4, 0.5) is 5.82 Å². The molecule has 114 valence electrons. The lowest BCUT2D eigenvalue weighted by Gasteiger charge is -2.13. The molecule has 2 aromatic heterocycles. The summed E-state index contributed by atoms with van der Waals surface area (Å²) in [6.07, 6.45) is 5.14. The molecule has 3 rings (SSSR count). The van der Waals surface area contributed by atoms with Gasteiger partial charge in [-0.2, -0.15) is 4.98 Å². The maximum absolute atomic E-state index is 9.71. The maximum atomic E-state index is 9.71. The van der Waals surface area contributed by atoms with Crippen molar-refractivity contribution in [3.05, 3.63) is 36.9 Å². The minimum absolute atomic E-state index is 0.196. The van der Waals surface area contributed by atoms with Gasteiger partial charge >= 0.3 is 0 Å². The SMILES string of the molecule is CN(C)CCNc1nc(-n2ccnc2)nc2ccc(O)cc12. The summed E-state index contributed by atoms with van der Waals surface area (Å²) in [6, 6.07) is 5.07. The van der Waals surface area contributed by atoms with Crippen molar-refractivity contribution >= 4 is 16.7 Å². The normalized spacial score (nSPS) is 11.2. The standard InChI is InChI=1S/C15H18N6O/c1-20(2)7-6-17-14-12-9-11(22)3-4-13(12)18-15(19-14)21-8-5-16-10-21/h3-5,8-10,22H,6-7H2,1-2H3,(H,17,18,19). The summed E-state index contributed by atoms with van der Waals surface area (Å²) in [4.78, 5) is 15.2. The summed E-state index contributed by atoms with van der Waals surface area (Å²) in [7, 11) is 4.03. The Bertz CT molecular complexity index is 769. The Morgan fingerprint density at radius 1 is 1.27 bits per heavy atom. The summed E-state index contributed by atoms with van der Waals surface area (Å²) in [6.45, 7) is 1.63. The number of fused-ring (bicyclic) bond motifs is 1. The molecule has 0 aliphatic heterocycles. The van der Waals surface area contributed by atoms with Crippen molar-refractivity contribution < 1.29 is 5.11 Å². The van der Waals surface area contributed by atoms with Crippen molar-refractivity contribution in [3.63, 3.8) is 0 Å². The number of aromatic hydroxyl groups is 1. The highest BCUT2D eigenvalue weighted by Gasteiger charge is 2.09. The highest BCUT2D eigenvalue weighted by molar-refractivity contribution is 5.90. The minimum Gasteiger partial charge on any atom is -0.508 e. The largest absolute Gasteiger partial charge is 0.508 e. The van der Waals surface area contributed by atoms with Crippen LogP contribution in [0.1, 0.15) is 0 Å². The fraction of sp³-hybridized carbons (Fsp3) is 0.267. The van der Waals surface area contributed by atoms with Crippen LogP contribution in [0.25, 0.3) is 16.9 Å². The van der Waals surface area contributed by atoms with Crippen molar-refractivity contribution in [3.8, 4) is 11.7 Å². The molecule has 0 unspecified atom stereocenters. The van der Waals surface area contributed by atoms with Crippen molar-refractivity contribution in [2.75, 3.05) is 32.5 Å². The van der Waals surface area contributed by atoms with E-state index in [1.54, 1.807) is 41.5 Å². The fourth-order valence-electron chi connectivity index (χ4n) is 2.13. The number of imidazole rings is 1. The van der Waals surface area contributed by atoms with E-state index in [4.69, 9.17) is 0 Å². The van der Waals surface area contributed by atoms with Crippen LogP contribution in [-0.2, 0) is 0 Å². The van der Waals surface area contributed by atoms with Gasteiger partial charge in [-0.3, -0.25) is 4.57 Å². The van der Waals surface area contributed by atoms with E-state index >= 15 is 0 Å². The van der Waals surface area contributed by atoms with Gasteiger partial charge in [0.25, 0.3) is 0 Å². The van der Waals surface area contributed by atoms with E-state index in [2.05, 4.69) is 25.2 Å². The van der Waals surface area contributed by atoms with Crippen molar-refractivity contribution in [1.82, 2.24) is 24.4 Å². The number of rotatable bonds is 5. The average Bonchev–Trinajstić information content (AvgIpc) is 3.01. The van der Waals surface area contributed by atoms with Gasteiger partial charge in [0.15, 0.2) is 0 Å². The van der Waals surface area contributed by atoms with E-state index in [9.17, 15) is 5.11 Å². The van der Waals surface area contributed by atoms with Crippen molar-refractivity contribution in [2.45, 2.75) is 0 Å². The number of phenolic OH excluding ortho intramolecular Hbond substituents is 1. The molecule has 22 heavy (non-hydrogen) atoms. The molecule has 7 heteroatoms. The second-order valence-electron chi connectivity index (χ2n) is 5.27. The van der Waals surface area contributed by atoms with E-state index in [1.165, 1.54) is 0 Å². The molecular formula is C15H18N6O. The summed E-state index contributed by atoms with van der Waals surface area (Å²) < 4.78 is 1.75. The van der Waals surface area contributed by atoms with Crippen LogP contribution in [0.3, 0.4) is 0 Å². The van der Waals surface area contributed by atoms with Crippen LogP contribution in [0.5, 0.6) is 5.75 Å². The van der Waals surface area contributed by atoms with Gasteiger partial charge in [0.05, 0.1) is 5.52 Å². The van der Waals surface area contributed by atoms with Gasteiger partial charge in [-0.1, -0.05) is 0 Å². The Morgan fingerprint density at radius 3 is 2.86 bits per heavy atom. The van der Waals surface area contributed by atoms with Crippen molar-refractivity contribution in [1.29, 1.82) is 0 Å². The van der Waals surface area contributed by atoms with Gasteiger partial charge in [0, 0.05) is 30.9 Å². The summed E-state index contributed by atoms with van der Waals surface area (Å²) in [5, 5.41) is 13.8. The summed E-state index contributed by atoms with van der Waals surface area (Å²) in [5.74, 6) is 1.44. The van der Waals surface area contributed by atoms with Gasteiger partial charge in [-0.25, -0.2) is 9.97 Å².